The zero-order valence-electron chi connectivity index (χ0n) is 13.8. The average molecular weight is 324 g/mol. The second-order valence-electron chi connectivity index (χ2n) is 6.25. The average Bonchev–Trinajstić information content (AvgIpc) is 3.08. The standard InChI is InChI=1S/C20H24N2O2/c23-16-19-12-7-13-21(19)15-20(24)22(18-10-5-2-6-11-18)14-17-8-3-1-4-9-17/h1-6,8-11,19,23H,7,12-16H2/t19-/m0/s1. The van der Waals surface area contributed by atoms with E-state index >= 15 is 0 Å². The van der Waals surface area contributed by atoms with Crippen LogP contribution in [-0.4, -0.2) is 41.7 Å². The van der Waals surface area contributed by atoms with Crippen LogP contribution in [0.3, 0.4) is 0 Å². The molecule has 1 N–H and O–H groups in total. The van der Waals surface area contributed by atoms with Gasteiger partial charge in [-0.1, -0.05) is 48.5 Å². The van der Waals surface area contributed by atoms with Gasteiger partial charge in [-0.3, -0.25) is 9.69 Å². The van der Waals surface area contributed by atoms with Gasteiger partial charge in [0.05, 0.1) is 19.7 Å². The molecule has 1 aliphatic heterocycles. The largest absolute Gasteiger partial charge is 0.395 e. The molecule has 1 fully saturated rings. The predicted octanol–water partition coefficient (Wildman–Crippen LogP) is 2.68. The topological polar surface area (TPSA) is 43.8 Å². The molecule has 1 saturated heterocycles. The van der Waals surface area contributed by atoms with Gasteiger partial charge < -0.3 is 10.0 Å². The van der Waals surface area contributed by atoms with Crippen molar-refractivity contribution in [2.45, 2.75) is 25.4 Å². The summed E-state index contributed by atoms with van der Waals surface area (Å²) in [4.78, 5) is 16.9. The Bertz CT molecular complexity index is 645. The molecule has 1 atom stereocenters. The second-order valence-corrected chi connectivity index (χ2v) is 6.25. The molecule has 0 aliphatic carbocycles. The first-order valence-corrected chi connectivity index (χ1v) is 8.52. The summed E-state index contributed by atoms with van der Waals surface area (Å²) >= 11 is 0. The van der Waals surface area contributed by atoms with E-state index in [0.717, 1.165) is 30.6 Å². The van der Waals surface area contributed by atoms with Crippen molar-refractivity contribution in [3.63, 3.8) is 0 Å². The molecule has 0 spiro atoms. The first-order valence-electron chi connectivity index (χ1n) is 8.52. The third-order valence-corrected chi connectivity index (χ3v) is 4.60. The number of amides is 1. The lowest BCUT2D eigenvalue weighted by Crippen LogP contribution is -2.43. The summed E-state index contributed by atoms with van der Waals surface area (Å²) in [6.07, 6.45) is 2.01. The van der Waals surface area contributed by atoms with Gasteiger partial charge in [-0.25, -0.2) is 0 Å². The summed E-state index contributed by atoms with van der Waals surface area (Å²) in [5, 5.41) is 9.47. The molecule has 4 nitrogen and oxygen atoms in total. The van der Waals surface area contributed by atoms with E-state index in [1.54, 1.807) is 0 Å². The van der Waals surface area contributed by atoms with Crippen molar-refractivity contribution in [1.29, 1.82) is 0 Å². The van der Waals surface area contributed by atoms with Gasteiger partial charge in [-0.2, -0.15) is 0 Å². The second kappa shape index (κ2) is 8.08. The fourth-order valence-electron chi connectivity index (χ4n) is 3.27. The first-order chi connectivity index (χ1) is 11.8. The van der Waals surface area contributed by atoms with E-state index in [4.69, 9.17) is 0 Å². The van der Waals surface area contributed by atoms with E-state index in [-0.39, 0.29) is 18.6 Å². The highest BCUT2D eigenvalue weighted by Crippen LogP contribution is 2.20. The molecule has 0 unspecified atom stereocenters. The van der Waals surface area contributed by atoms with E-state index in [1.807, 2.05) is 65.6 Å². The fraction of sp³-hybridized carbons (Fsp3) is 0.350. The normalized spacial score (nSPS) is 17.8. The number of hydrogen-bond donors (Lipinski definition) is 1. The molecule has 1 amide bonds. The molecule has 2 aromatic carbocycles. The number of rotatable bonds is 6. The fourth-order valence-corrected chi connectivity index (χ4v) is 3.27. The maximum atomic E-state index is 13.0. The molecule has 0 aromatic heterocycles. The molecule has 3 rings (SSSR count). The summed E-state index contributed by atoms with van der Waals surface area (Å²) in [6, 6.07) is 19.9. The van der Waals surface area contributed by atoms with Crippen LogP contribution in [0.4, 0.5) is 5.69 Å². The van der Waals surface area contributed by atoms with Crippen LogP contribution in [0.1, 0.15) is 18.4 Å². The Labute approximate surface area is 143 Å². The number of hydrogen-bond acceptors (Lipinski definition) is 3. The lowest BCUT2D eigenvalue weighted by Gasteiger charge is -2.28. The summed E-state index contributed by atoms with van der Waals surface area (Å²) in [5.41, 5.74) is 2.01. The third-order valence-electron chi connectivity index (χ3n) is 4.60. The Hall–Kier alpha value is -2.17. The van der Waals surface area contributed by atoms with Crippen molar-refractivity contribution in [2.75, 3.05) is 24.6 Å². The van der Waals surface area contributed by atoms with Crippen LogP contribution >= 0.6 is 0 Å². The van der Waals surface area contributed by atoms with Crippen molar-refractivity contribution in [1.82, 2.24) is 4.90 Å². The summed E-state index contributed by atoms with van der Waals surface area (Å²) in [7, 11) is 0. The first kappa shape index (κ1) is 16.7. The van der Waals surface area contributed by atoms with Crippen LogP contribution in [0.5, 0.6) is 0 Å². The van der Waals surface area contributed by atoms with Crippen LogP contribution < -0.4 is 4.90 Å². The van der Waals surface area contributed by atoms with Crippen molar-refractivity contribution in [2.24, 2.45) is 0 Å². The zero-order chi connectivity index (χ0) is 16.8. The minimum Gasteiger partial charge on any atom is -0.395 e. The van der Waals surface area contributed by atoms with E-state index in [1.165, 1.54) is 0 Å². The van der Waals surface area contributed by atoms with E-state index in [0.29, 0.717) is 13.1 Å². The number of carbonyl (C=O) groups excluding carboxylic acids is 1. The lowest BCUT2D eigenvalue weighted by atomic mass is 10.2. The Kier molecular flexibility index (Phi) is 5.62. The van der Waals surface area contributed by atoms with Crippen LogP contribution in [0.25, 0.3) is 0 Å². The zero-order valence-corrected chi connectivity index (χ0v) is 13.8. The summed E-state index contributed by atoms with van der Waals surface area (Å²) in [6.45, 7) is 1.91. The SMILES string of the molecule is O=C(CN1CCC[C@H]1CO)N(Cc1ccccc1)c1ccccc1. The molecular weight excluding hydrogens is 300 g/mol. The van der Waals surface area contributed by atoms with Gasteiger partial charge in [0.2, 0.25) is 5.91 Å². The predicted molar refractivity (Wildman–Crippen MR) is 95.8 cm³/mol. The highest BCUT2D eigenvalue weighted by molar-refractivity contribution is 5.94. The third kappa shape index (κ3) is 4.02. The number of aliphatic hydroxyl groups is 1. The van der Waals surface area contributed by atoms with Crippen molar-refractivity contribution in [3.05, 3.63) is 66.2 Å². The van der Waals surface area contributed by atoms with Gasteiger partial charge >= 0.3 is 0 Å². The van der Waals surface area contributed by atoms with E-state index in [9.17, 15) is 9.90 Å². The quantitative estimate of drug-likeness (QED) is 0.888. The maximum Gasteiger partial charge on any atom is 0.241 e. The van der Waals surface area contributed by atoms with Gasteiger partial charge in [0, 0.05) is 11.7 Å². The highest BCUT2D eigenvalue weighted by Gasteiger charge is 2.27. The van der Waals surface area contributed by atoms with Crippen molar-refractivity contribution < 1.29 is 9.90 Å². The van der Waals surface area contributed by atoms with Crippen molar-refractivity contribution in [3.8, 4) is 0 Å². The highest BCUT2D eigenvalue weighted by atomic mass is 16.3. The number of aliphatic hydroxyl groups excluding tert-OH is 1. The van der Waals surface area contributed by atoms with E-state index in [2.05, 4.69) is 4.90 Å². The van der Waals surface area contributed by atoms with E-state index < -0.39 is 0 Å². The molecule has 24 heavy (non-hydrogen) atoms. The van der Waals surface area contributed by atoms with Gasteiger partial charge in [-0.15, -0.1) is 0 Å². The molecule has 0 radical (unpaired) electrons. The smallest absolute Gasteiger partial charge is 0.241 e. The lowest BCUT2D eigenvalue weighted by molar-refractivity contribution is -0.120. The monoisotopic (exact) mass is 324 g/mol. The molecule has 126 valence electrons. The maximum absolute atomic E-state index is 13.0. The molecular formula is C20H24N2O2. The minimum absolute atomic E-state index is 0.0744. The molecule has 1 heterocycles. The number of carbonyl (C=O) groups is 1. The van der Waals surface area contributed by atoms with Crippen LogP contribution in [0.15, 0.2) is 60.7 Å². The number of nitrogens with zero attached hydrogens (tertiary/aromatic N) is 2. The molecule has 0 saturated carbocycles. The molecule has 4 heteroatoms. The number of para-hydroxylation sites is 1. The summed E-state index contributed by atoms with van der Waals surface area (Å²) < 4.78 is 0. The Morgan fingerprint density at radius 3 is 2.42 bits per heavy atom. The Morgan fingerprint density at radius 2 is 1.75 bits per heavy atom. The minimum atomic E-state index is 0.0744. The Balaban J connectivity index is 1.77. The van der Waals surface area contributed by atoms with Crippen LogP contribution in [0, 0.1) is 0 Å². The number of anilines is 1. The van der Waals surface area contributed by atoms with Crippen LogP contribution in [0.2, 0.25) is 0 Å². The van der Waals surface area contributed by atoms with Gasteiger partial charge in [0.25, 0.3) is 0 Å². The number of benzene rings is 2. The molecule has 0 bridgehead atoms. The van der Waals surface area contributed by atoms with Gasteiger partial charge in [0.15, 0.2) is 0 Å². The summed E-state index contributed by atoms with van der Waals surface area (Å²) in [5.74, 6) is 0.0744. The van der Waals surface area contributed by atoms with Gasteiger partial charge in [0.1, 0.15) is 0 Å². The Morgan fingerprint density at radius 1 is 1.08 bits per heavy atom. The van der Waals surface area contributed by atoms with Crippen molar-refractivity contribution >= 4 is 11.6 Å². The number of likely N-dealkylation sites (tertiary alicyclic amines) is 1. The van der Waals surface area contributed by atoms with Crippen LogP contribution in [-0.2, 0) is 11.3 Å². The molecule has 2 aromatic rings. The molecule has 1 aliphatic rings. The van der Waals surface area contributed by atoms with Gasteiger partial charge in [-0.05, 0) is 37.1 Å².